The van der Waals surface area contributed by atoms with Gasteiger partial charge in [0.05, 0.1) is 11.1 Å². The Bertz CT molecular complexity index is 666. The molecule has 0 aliphatic carbocycles. The lowest BCUT2D eigenvalue weighted by molar-refractivity contribution is 0.563. The third-order valence-corrected chi connectivity index (χ3v) is 4.25. The van der Waals surface area contributed by atoms with E-state index >= 15 is 0 Å². The first-order valence-electron chi connectivity index (χ1n) is 7.53. The van der Waals surface area contributed by atoms with Crippen molar-refractivity contribution in [3.05, 3.63) is 35.9 Å². The summed E-state index contributed by atoms with van der Waals surface area (Å²) in [6.07, 6.45) is 3.41. The van der Waals surface area contributed by atoms with Crippen LogP contribution in [0.25, 0.3) is 10.9 Å². The highest BCUT2D eigenvalue weighted by Gasteiger charge is 2.20. The fourth-order valence-corrected chi connectivity index (χ4v) is 3.02. The van der Waals surface area contributed by atoms with Crippen LogP contribution in [0.3, 0.4) is 0 Å². The van der Waals surface area contributed by atoms with Crippen LogP contribution in [0.2, 0.25) is 0 Å². The Morgan fingerprint density at radius 2 is 2.14 bits per heavy atom. The lowest BCUT2D eigenvalue weighted by atomic mass is 10.1. The molecule has 0 saturated carbocycles. The average Bonchev–Trinajstić information content (AvgIpc) is 2.82. The number of hydrogen-bond donors (Lipinski definition) is 1. The van der Waals surface area contributed by atoms with Crippen LogP contribution in [0.1, 0.15) is 24.8 Å². The molecule has 4 heteroatoms. The molecule has 108 valence electrons. The fourth-order valence-electron chi connectivity index (χ4n) is 3.02. The minimum absolute atomic E-state index is 0.445. The number of benzene rings is 1. The van der Waals surface area contributed by atoms with E-state index in [-0.39, 0.29) is 0 Å². The van der Waals surface area contributed by atoms with Gasteiger partial charge in [0.15, 0.2) is 0 Å². The van der Waals surface area contributed by atoms with Crippen molar-refractivity contribution in [2.45, 2.75) is 25.3 Å². The van der Waals surface area contributed by atoms with Gasteiger partial charge in [-0.2, -0.15) is 5.26 Å². The molecule has 1 aromatic carbocycles. The van der Waals surface area contributed by atoms with Gasteiger partial charge in [0.25, 0.3) is 0 Å². The Hall–Kier alpha value is -2.12. The van der Waals surface area contributed by atoms with Crippen molar-refractivity contribution in [1.82, 2.24) is 10.3 Å². The Kier molecular flexibility index (Phi) is 4.03. The first-order valence-corrected chi connectivity index (χ1v) is 7.53. The van der Waals surface area contributed by atoms with Crippen molar-refractivity contribution in [3.63, 3.8) is 0 Å². The molecule has 2 aromatic rings. The van der Waals surface area contributed by atoms with Gasteiger partial charge in [-0.05, 0) is 44.5 Å². The van der Waals surface area contributed by atoms with Crippen LogP contribution in [0.15, 0.2) is 30.3 Å². The smallest absolute Gasteiger partial charge is 0.147 e. The van der Waals surface area contributed by atoms with Crippen LogP contribution in [0.4, 0.5) is 5.82 Å². The number of anilines is 1. The van der Waals surface area contributed by atoms with Crippen molar-refractivity contribution in [3.8, 4) is 6.07 Å². The van der Waals surface area contributed by atoms with Gasteiger partial charge in [-0.15, -0.1) is 0 Å². The van der Waals surface area contributed by atoms with E-state index in [2.05, 4.69) is 23.3 Å². The van der Waals surface area contributed by atoms with Gasteiger partial charge < -0.3 is 10.2 Å². The number of aromatic nitrogens is 1. The SMILES string of the molecule is CN(c1nc2ccccc2cc1C#N)C1CCCNCC1. The molecule has 2 heterocycles. The lowest BCUT2D eigenvalue weighted by Crippen LogP contribution is -2.33. The maximum absolute atomic E-state index is 9.45. The second-order valence-corrected chi connectivity index (χ2v) is 5.61. The van der Waals surface area contributed by atoms with Gasteiger partial charge >= 0.3 is 0 Å². The first-order chi connectivity index (χ1) is 10.3. The number of hydrogen-bond acceptors (Lipinski definition) is 4. The number of rotatable bonds is 2. The summed E-state index contributed by atoms with van der Waals surface area (Å²) >= 11 is 0. The van der Waals surface area contributed by atoms with Crippen LogP contribution >= 0.6 is 0 Å². The summed E-state index contributed by atoms with van der Waals surface area (Å²) in [6, 6.07) is 12.7. The molecule has 1 atom stereocenters. The van der Waals surface area contributed by atoms with Crippen LogP contribution in [-0.4, -0.2) is 31.2 Å². The summed E-state index contributed by atoms with van der Waals surface area (Å²) in [5.41, 5.74) is 1.61. The Balaban J connectivity index is 1.99. The van der Waals surface area contributed by atoms with Gasteiger partial charge in [0, 0.05) is 18.5 Å². The number of nitrogens with one attached hydrogen (secondary N) is 1. The summed E-state index contributed by atoms with van der Waals surface area (Å²) < 4.78 is 0. The van der Waals surface area contributed by atoms with E-state index < -0.39 is 0 Å². The maximum Gasteiger partial charge on any atom is 0.147 e. The summed E-state index contributed by atoms with van der Waals surface area (Å²) in [6.45, 7) is 2.12. The van der Waals surface area contributed by atoms with Crippen molar-refractivity contribution in [2.75, 3.05) is 25.0 Å². The molecule has 1 aliphatic heterocycles. The molecule has 1 fully saturated rings. The summed E-state index contributed by atoms with van der Waals surface area (Å²) in [5, 5.41) is 13.9. The van der Waals surface area contributed by atoms with Gasteiger partial charge in [0.1, 0.15) is 11.9 Å². The molecule has 1 unspecified atom stereocenters. The predicted octanol–water partition coefficient (Wildman–Crippen LogP) is 2.68. The molecule has 1 aromatic heterocycles. The third-order valence-electron chi connectivity index (χ3n) is 4.25. The van der Waals surface area contributed by atoms with Crippen LogP contribution < -0.4 is 10.2 Å². The van der Waals surface area contributed by atoms with E-state index in [0.29, 0.717) is 11.6 Å². The topological polar surface area (TPSA) is 52.0 Å². The Labute approximate surface area is 125 Å². The zero-order valence-electron chi connectivity index (χ0n) is 12.3. The number of nitrogens with zero attached hydrogens (tertiary/aromatic N) is 3. The van der Waals surface area contributed by atoms with Crippen LogP contribution in [0, 0.1) is 11.3 Å². The molecular weight excluding hydrogens is 260 g/mol. The van der Waals surface area contributed by atoms with E-state index in [1.807, 2.05) is 30.3 Å². The quantitative estimate of drug-likeness (QED) is 0.919. The van der Waals surface area contributed by atoms with Gasteiger partial charge in [-0.25, -0.2) is 4.98 Å². The van der Waals surface area contributed by atoms with Crippen LogP contribution in [0.5, 0.6) is 0 Å². The molecule has 1 aliphatic rings. The summed E-state index contributed by atoms with van der Waals surface area (Å²) in [5.74, 6) is 0.808. The molecule has 0 spiro atoms. The van der Waals surface area contributed by atoms with E-state index in [1.165, 1.54) is 6.42 Å². The maximum atomic E-state index is 9.45. The first kappa shape index (κ1) is 13.8. The van der Waals surface area contributed by atoms with Crippen molar-refractivity contribution >= 4 is 16.7 Å². The molecule has 3 rings (SSSR count). The fraction of sp³-hybridized carbons (Fsp3) is 0.412. The minimum atomic E-state index is 0.445. The number of nitriles is 1. The van der Waals surface area contributed by atoms with E-state index in [9.17, 15) is 5.26 Å². The second-order valence-electron chi connectivity index (χ2n) is 5.61. The number of para-hydroxylation sites is 1. The lowest BCUT2D eigenvalue weighted by Gasteiger charge is -2.29. The molecule has 4 nitrogen and oxygen atoms in total. The van der Waals surface area contributed by atoms with Crippen molar-refractivity contribution < 1.29 is 0 Å². The molecular formula is C17H20N4. The minimum Gasteiger partial charge on any atom is -0.356 e. The molecule has 1 saturated heterocycles. The Morgan fingerprint density at radius 3 is 3.00 bits per heavy atom. The average molecular weight is 280 g/mol. The van der Waals surface area contributed by atoms with Gasteiger partial charge in [-0.3, -0.25) is 0 Å². The molecule has 0 bridgehead atoms. The highest BCUT2D eigenvalue weighted by atomic mass is 15.2. The standard InChI is InChI=1S/C17H20N4/c1-21(15-6-4-9-19-10-8-15)17-14(12-18)11-13-5-2-3-7-16(13)20-17/h2-3,5,7,11,15,19H,4,6,8-10H2,1H3. The predicted molar refractivity (Wildman–Crippen MR) is 85.4 cm³/mol. The zero-order valence-corrected chi connectivity index (χ0v) is 12.3. The highest BCUT2D eigenvalue weighted by Crippen LogP contribution is 2.26. The Morgan fingerprint density at radius 1 is 1.29 bits per heavy atom. The number of fused-ring (bicyclic) bond motifs is 1. The van der Waals surface area contributed by atoms with E-state index in [1.54, 1.807) is 0 Å². The summed E-state index contributed by atoms with van der Waals surface area (Å²) in [7, 11) is 2.06. The number of pyridine rings is 1. The monoisotopic (exact) mass is 280 g/mol. The van der Waals surface area contributed by atoms with Gasteiger partial charge in [0.2, 0.25) is 0 Å². The largest absolute Gasteiger partial charge is 0.356 e. The molecule has 21 heavy (non-hydrogen) atoms. The molecule has 1 N–H and O–H groups in total. The highest BCUT2D eigenvalue weighted by molar-refractivity contribution is 5.83. The summed E-state index contributed by atoms with van der Waals surface area (Å²) in [4.78, 5) is 6.93. The van der Waals surface area contributed by atoms with Crippen molar-refractivity contribution in [2.24, 2.45) is 0 Å². The van der Waals surface area contributed by atoms with Crippen molar-refractivity contribution in [1.29, 1.82) is 5.26 Å². The zero-order chi connectivity index (χ0) is 14.7. The normalized spacial score (nSPS) is 19.0. The van der Waals surface area contributed by atoms with E-state index in [4.69, 9.17) is 4.98 Å². The van der Waals surface area contributed by atoms with Gasteiger partial charge in [-0.1, -0.05) is 18.2 Å². The molecule has 0 amide bonds. The second kappa shape index (κ2) is 6.11. The molecule has 0 radical (unpaired) electrons. The van der Waals surface area contributed by atoms with Crippen LogP contribution in [-0.2, 0) is 0 Å². The third kappa shape index (κ3) is 2.84. The van der Waals surface area contributed by atoms with E-state index in [0.717, 1.165) is 42.7 Å².